The predicted molar refractivity (Wildman–Crippen MR) is 139 cm³/mol. The summed E-state index contributed by atoms with van der Waals surface area (Å²) in [5.74, 6) is -2.08. The lowest BCUT2D eigenvalue weighted by molar-refractivity contribution is -0.149. The van der Waals surface area contributed by atoms with Crippen molar-refractivity contribution in [2.24, 2.45) is 0 Å². The number of aromatic nitrogens is 1. The molecule has 1 aliphatic rings. The van der Waals surface area contributed by atoms with Gasteiger partial charge in [-0.3, -0.25) is 43.7 Å². The molecule has 2 rings (SSSR count). The van der Waals surface area contributed by atoms with E-state index in [9.17, 15) is 34.2 Å². The molecule has 1 aliphatic heterocycles. The van der Waals surface area contributed by atoms with Crippen molar-refractivity contribution in [3.63, 3.8) is 0 Å². The highest BCUT2D eigenvalue weighted by molar-refractivity contribution is 5.74. The fourth-order valence-corrected chi connectivity index (χ4v) is 4.77. The molecule has 222 valence electrons. The third-order valence-corrected chi connectivity index (χ3v) is 6.71. The first-order chi connectivity index (χ1) is 19.3. The Morgan fingerprint density at radius 2 is 1.35 bits per heavy atom. The molecule has 3 atom stereocenters. The van der Waals surface area contributed by atoms with Crippen molar-refractivity contribution in [3.05, 3.63) is 29.6 Å². The standard InChI is InChI=1S/C26H38N4O10/c1-2-4-22(25(34)35)29-11-9-28(23(26(36)37)7-13-38-17-31)10-12-30(24(40-19-33)8-14-39-18-32)16-21-6-3-5-20(15-29)27-21/h3,5-6,17-19,22-24H,2,4,7-16H2,1H3,(H,34,35)(H,36,37)/t22-,23-,24+/m1/s1. The van der Waals surface area contributed by atoms with Crippen LogP contribution in [0.4, 0.5) is 0 Å². The summed E-state index contributed by atoms with van der Waals surface area (Å²) >= 11 is 0. The summed E-state index contributed by atoms with van der Waals surface area (Å²) in [6.45, 7) is 3.98. The minimum absolute atomic E-state index is 0.000556. The van der Waals surface area contributed by atoms with Gasteiger partial charge in [0.15, 0.2) is 6.23 Å². The molecule has 2 N–H and O–H groups in total. The van der Waals surface area contributed by atoms with Gasteiger partial charge in [-0.25, -0.2) is 0 Å². The minimum atomic E-state index is -1.12. The average molecular weight is 567 g/mol. The topological polar surface area (TPSA) is 176 Å². The van der Waals surface area contributed by atoms with Gasteiger partial charge < -0.3 is 24.4 Å². The Bertz CT molecular complexity index is 965. The maximum Gasteiger partial charge on any atom is 0.321 e. The molecule has 0 saturated heterocycles. The van der Waals surface area contributed by atoms with Gasteiger partial charge in [-0.1, -0.05) is 19.4 Å². The fraction of sp³-hybridized carbons (Fsp3) is 0.615. The number of hydrogen-bond acceptors (Lipinski definition) is 12. The van der Waals surface area contributed by atoms with Crippen LogP contribution < -0.4 is 0 Å². The van der Waals surface area contributed by atoms with Crippen LogP contribution in [0.3, 0.4) is 0 Å². The number of carboxylic acids is 2. The number of carboxylic acid groups (broad SMARTS) is 2. The molecule has 0 amide bonds. The van der Waals surface area contributed by atoms with E-state index < -0.39 is 30.3 Å². The van der Waals surface area contributed by atoms with Crippen LogP contribution in [0.5, 0.6) is 0 Å². The number of hydrogen-bond donors (Lipinski definition) is 2. The largest absolute Gasteiger partial charge is 0.480 e. The van der Waals surface area contributed by atoms with E-state index in [1.54, 1.807) is 26.8 Å². The second-order valence-corrected chi connectivity index (χ2v) is 9.29. The SMILES string of the molecule is CCC[C@H](C(=O)O)N1CCN([C@H](CCOC=O)C(=O)O)CCN([C@H](CCOC=O)OC=O)Cc2cccc(n2)C1. The normalized spacial score (nSPS) is 17.7. The van der Waals surface area contributed by atoms with Gasteiger partial charge in [0, 0.05) is 52.1 Å². The van der Waals surface area contributed by atoms with E-state index in [1.807, 2.05) is 13.0 Å². The van der Waals surface area contributed by atoms with E-state index in [0.717, 1.165) is 0 Å². The van der Waals surface area contributed by atoms with Crippen molar-refractivity contribution >= 4 is 31.4 Å². The molecule has 2 heterocycles. The Hall–Kier alpha value is -3.62. The molecule has 0 saturated carbocycles. The number of rotatable bonds is 17. The zero-order valence-electron chi connectivity index (χ0n) is 22.6. The zero-order chi connectivity index (χ0) is 29.3. The Morgan fingerprint density at radius 1 is 0.825 bits per heavy atom. The van der Waals surface area contributed by atoms with E-state index in [4.69, 9.17) is 19.2 Å². The molecule has 0 unspecified atom stereocenters. The number of aliphatic carboxylic acids is 2. The molecule has 0 fully saturated rings. The summed E-state index contributed by atoms with van der Waals surface area (Å²) in [5, 5.41) is 20.0. The first-order valence-corrected chi connectivity index (χ1v) is 13.2. The van der Waals surface area contributed by atoms with Gasteiger partial charge >= 0.3 is 11.9 Å². The number of carbonyl (C=O) groups excluding carboxylic acids is 3. The highest BCUT2D eigenvalue weighted by Crippen LogP contribution is 2.18. The maximum absolute atomic E-state index is 12.3. The summed E-state index contributed by atoms with van der Waals surface area (Å²) in [4.78, 5) is 67.1. The quantitative estimate of drug-likeness (QED) is 0.150. The van der Waals surface area contributed by atoms with Gasteiger partial charge in [0.1, 0.15) is 12.1 Å². The van der Waals surface area contributed by atoms with Gasteiger partial charge in [-0.2, -0.15) is 0 Å². The van der Waals surface area contributed by atoms with Crippen LogP contribution in [-0.2, 0) is 51.3 Å². The summed E-state index contributed by atoms with van der Waals surface area (Å²) in [6, 6.07) is 3.59. The van der Waals surface area contributed by atoms with Crippen LogP contribution >= 0.6 is 0 Å². The van der Waals surface area contributed by atoms with Gasteiger partial charge in [0.2, 0.25) is 0 Å². The van der Waals surface area contributed by atoms with E-state index in [2.05, 4.69) is 0 Å². The molecular formula is C26H38N4O10. The van der Waals surface area contributed by atoms with E-state index in [-0.39, 0.29) is 71.8 Å². The second-order valence-electron chi connectivity index (χ2n) is 9.29. The lowest BCUT2D eigenvalue weighted by Crippen LogP contribution is -2.52. The fourth-order valence-electron chi connectivity index (χ4n) is 4.77. The summed E-state index contributed by atoms with van der Waals surface area (Å²) in [5.41, 5.74) is 1.27. The molecule has 14 heteroatoms. The van der Waals surface area contributed by atoms with E-state index >= 15 is 0 Å². The van der Waals surface area contributed by atoms with Gasteiger partial charge in [-0.15, -0.1) is 0 Å². The Labute approximate surface area is 232 Å². The number of carbonyl (C=O) groups is 5. The molecule has 0 spiro atoms. The summed E-state index contributed by atoms with van der Waals surface area (Å²) < 4.78 is 14.9. The monoisotopic (exact) mass is 566 g/mol. The number of nitrogens with zero attached hydrogens (tertiary/aromatic N) is 4. The zero-order valence-corrected chi connectivity index (χ0v) is 22.6. The highest BCUT2D eigenvalue weighted by atomic mass is 16.5. The van der Waals surface area contributed by atoms with Crippen molar-refractivity contribution in [1.82, 2.24) is 19.7 Å². The van der Waals surface area contributed by atoms with E-state index in [1.165, 1.54) is 0 Å². The smallest absolute Gasteiger partial charge is 0.321 e. The molecule has 0 radical (unpaired) electrons. The van der Waals surface area contributed by atoms with E-state index in [0.29, 0.717) is 37.2 Å². The molecule has 14 nitrogen and oxygen atoms in total. The molecule has 1 aromatic rings. The second kappa shape index (κ2) is 17.9. The lowest BCUT2D eigenvalue weighted by atomic mass is 10.1. The van der Waals surface area contributed by atoms with Gasteiger partial charge in [-0.05, 0) is 18.6 Å². The molecule has 0 aliphatic carbocycles. The Morgan fingerprint density at radius 3 is 1.90 bits per heavy atom. The summed E-state index contributed by atoms with van der Waals surface area (Å²) in [6.07, 6.45) is 0.468. The Kier molecular flexibility index (Phi) is 14.6. The van der Waals surface area contributed by atoms with Crippen molar-refractivity contribution in [1.29, 1.82) is 0 Å². The van der Waals surface area contributed by atoms with Crippen LogP contribution in [0.15, 0.2) is 18.2 Å². The molecule has 40 heavy (non-hydrogen) atoms. The van der Waals surface area contributed by atoms with Crippen molar-refractivity contribution in [2.75, 3.05) is 39.4 Å². The van der Waals surface area contributed by atoms with Gasteiger partial charge in [0.05, 0.1) is 24.6 Å². The van der Waals surface area contributed by atoms with Crippen molar-refractivity contribution in [3.8, 4) is 0 Å². The first kappa shape index (κ1) is 32.6. The van der Waals surface area contributed by atoms with Crippen LogP contribution in [0.25, 0.3) is 0 Å². The third kappa shape index (κ3) is 10.5. The molecule has 2 bridgehead atoms. The van der Waals surface area contributed by atoms with Crippen LogP contribution in [-0.4, -0.2) is 119 Å². The maximum atomic E-state index is 12.3. The van der Waals surface area contributed by atoms with Crippen molar-refractivity contribution in [2.45, 2.75) is 64.0 Å². The molecule has 0 aromatic carbocycles. The molecular weight excluding hydrogens is 528 g/mol. The Balaban J connectivity index is 2.48. The minimum Gasteiger partial charge on any atom is -0.480 e. The summed E-state index contributed by atoms with van der Waals surface area (Å²) in [7, 11) is 0. The predicted octanol–water partition coefficient (Wildman–Crippen LogP) is 0.333. The molecule has 1 aromatic heterocycles. The van der Waals surface area contributed by atoms with Crippen LogP contribution in [0.2, 0.25) is 0 Å². The average Bonchev–Trinajstić information content (AvgIpc) is 2.92. The number of fused-ring (bicyclic) bond motifs is 2. The highest BCUT2D eigenvalue weighted by Gasteiger charge is 2.31. The van der Waals surface area contributed by atoms with Crippen molar-refractivity contribution < 1.29 is 48.4 Å². The lowest BCUT2D eigenvalue weighted by Gasteiger charge is -2.37. The number of ether oxygens (including phenoxy) is 3. The van der Waals surface area contributed by atoms with Crippen LogP contribution in [0, 0.1) is 0 Å². The third-order valence-electron chi connectivity index (χ3n) is 6.71. The first-order valence-electron chi connectivity index (χ1n) is 13.2. The number of pyridine rings is 1. The van der Waals surface area contributed by atoms with Gasteiger partial charge in [0.25, 0.3) is 19.4 Å². The van der Waals surface area contributed by atoms with Crippen LogP contribution in [0.1, 0.15) is 44.0 Å².